The van der Waals surface area contributed by atoms with Gasteiger partial charge in [-0.15, -0.1) is 0 Å². The Morgan fingerprint density at radius 3 is 2.50 bits per heavy atom. The van der Waals surface area contributed by atoms with Crippen LogP contribution in [0, 0.1) is 10.1 Å². The maximum absolute atomic E-state index is 10.7. The fraction of sp³-hybridized carbons (Fsp3) is 0. The minimum Gasteiger partial charge on any atom is -0.423 e. The van der Waals surface area contributed by atoms with Crippen LogP contribution in [0.5, 0.6) is 11.8 Å². The highest BCUT2D eigenvalue weighted by molar-refractivity contribution is 9.10. The topological polar surface area (TPSA) is 78.2 Å². The third kappa shape index (κ3) is 3.02. The van der Waals surface area contributed by atoms with Gasteiger partial charge in [0.15, 0.2) is 5.75 Å². The molecular weight excluding hydrogens is 370 g/mol. The van der Waals surface area contributed by atoms with E-state index >= 15 is 0 Å². The van der Waals surface area contributed by atoms with Crippen molar-refractivity contribution in [1.29, 1.82) is 0 Å². The molecule has 6 nitrogen and oxygen atoms in total. The second-order valence-electron chi connectivity index (χ2n) is 3.16. The molecule has 0 aliphatic rings. The van der Waals surface area contributed by atoms with Crippen molar-refractivity contribution in [3.05, 3.63) is 49.7 Å². The number of aromatic nitrogens is 2. The maximum atomic E-state index is 10.7. The lowest BCUT2D eigenvalue weighted by Gasteiger charge is -2.05. The Morgan fingerprint density at radius 1 is 1.22 bits per heavy atom. The lowest BCUT2D eigenvalue weighted by Crippen LogP contribution is -1.93. The molecule has 0 spiro atoms. The summed E-state index contributed by atoms with van der Waals surface area (Å²) in [5.41, 5.74) is -0.0645. The summed E-state index contributed by atoms with van der Waals surface area (Å²) in [7, 11) is 0. The predicted molar refractivity (Wildman–Crippen MR) is 70.6 cm³/mol. The Hall–Kier alpha value is -1.54. The van der Waals surface area contributed by atoms with Crippen molar-refractivity contribution in [1.82, 2.24) is 9.97 Å². The summed E-state index contributed by atoms with van der Waals surface area (Å²) in [5.74, 6) is 0.284. The Balaban J connectivity index is 2.30. The highest BCUT2D eigenvalue weighted by Crippen LogP contribution is 2.31. The lowest BCUT2D eigenvalue weighted by molar-refractivity contribution is -0.384. The molecule has 0 bridgehead atoms. The quantitative estimate of drug-likeness (QED) is 0.604. The number of non-ortho nitro benzene ring substituents is 1. The van der Waals surface area contributed by atoms with E-state index in [1.165, 1.54) is 30.6 Å². The van der Waals surface area contributed by atoms with Gasteiger partial charge in [0.1, 0.15) is 0 Å². The molecule has 1 aromatic heterocycles. The molecule has 1 heterocycles. The first-order chi connectivity index (χ1) is 8.56. The van der Waals surface area contributed by atoms with Gasteiger partial charge in [0, 0.05) is 18.5 Å². The van der Waals surface area contributed by atoms with Gasteiger partial charge in [-0.3, -0.25) is 10.1 Å². The van der Waals surface area contributed by atoms with Gasteiger partial charge in [-0.2, -0.15) is 0 Å². The average molecular weight is 375 g/mol. The molecule has 0 radical (unpaired) electrons. The molecule has 1 aromatic carbocycles. The zero-order valence-electron chi connectivity index (χ0n) is 8.71. The van der Waals surface area contributed by atoms with Crippen LogP contribution in [0.3, 0.4) is 0 Å². The highest BCUT2D eigenvalue weighted by atomic mass is 79.9. The number of halogens is 2. The molecule has 0 amide bonds. The van der Waals surface area contributed by atoms with Crippen LogP contribution in [-0.2, 0) is 0 Å². The number of nitro benzene ring substituents is 1. The van der Waals surface area contributed by atoms with Crippen LogP contribution in [-0.4, -0.2) is 14.9 Å². The van der Waals surface area contributed by atoms with Crippen LogP contribution >= 0.6 is 31.9 Å². The molecule has 0 N–H and O–H groups in total. The molecule has 0 saturated heterocycles. The van der Waals surface area contributed by atoms with Crippen LogP contribution in [0.25, 0.3) is 0 Å². The standard InChI is InChI=1S/C10H5Br2N3O3/c11-6-4-13-10(14-5-6)18-9-3-7(15(16)17)1-2-8(9)12/h1-5H. The summed E-state index contributed by atoms with van der Waals surface area (Å²) >= 11 is 6.44. The second-order valence-corrected chi connectivity index (χ2v) is 4.93. The monoisotopic (exact) mass is 373 g/mol. The van der Waals surface area contributed by atoms with Crippen molar-refractivity contribution in [2.24, 2.45) is 0 Å². The normalized spacial score (nSPS) is 10.1. The van der Waals surface area contributed by atoms with E-state index in [9.17, 15) is 10.1 Å². The van der Waals surface area contributed by atoms with E-state index in [1.807, 2.05) is 0 Å². The number of hydrogen-bond donors (Lipinski definition) is 0. The Morgan fingerprint density at radius 2 is 1.89 bits per heavy atom. The second kappa shape index (κ2) is 5.40. The predicted octanol–water partition coefficient (Wildman–Crippen LogP) is 3.70. The van der Waals surface area contributed by atoms with Gasteiger partial charge in [0.2, 0.25) is 0 Å². The van der Waals surface area contributed by atoms with E-state index in [0.29, 0.717) is 8.95 Å². The molecule has 2 rings (SSSR count). The third-order valence-electron chi connectivity index (χ3n) is 1.92. The smallest absolute Gasteiger partial charge is 0.321 e. The van der Waals surface area contributed by atoms with E-state index in [4.69, 9.17) is 4.74 Å². The van der Waals surface area contributed by atoms with Crippen molar-refractivity contribution in [2.45, 2.75) is 0 Å². The van der Waals surface area contributed by atoms with Crippen molar-refractivity contribution in [3.8, 4) is 11.8 Å². The van der Waals surface area contributed by atoms with Crippen LogP contribution < -0.4 is 4.74 Å². The Bertz CT molecular complexity index is 589. The molecule has 0 saturated carbocycles. The largest absolute Gasteiger partial charge is 0.423 e. The molecule has 0 fully saturated rings. The average Bonchev–Trinajstić information content (AvgIpc) is 2.34. The molecule has 2 aromatic rings. The number of ether oxygens (including phenoxy) is 1. The van der Waals surface area contributed by atoms with Gasteiger partial charge in [-0.1, -0.05) is 0 Å². The van der Waals surface area contributed by atoms with E-state index in [0.717, 1.165) is 0 Å². The van der Waals surface area contributed by atoms with Gasteiger partial charge in [0.25, 0.3) is 5.69 Å². The van der Waals surface area contributed by atoms with Crippen molar-refractivity contribution < 1.29 is 9.66 Å². The SMILES string of the molecule is O=[N+]([O-])c1ccc(Br)c(Oc2ncc(Br)cn2)c1. The molecular formula is C10H5Br2N3O3. The summed E-state index contributed by atoms with van der Waals surface area (Å²) in [5, 5.41) is 10.7. The minimum atomic E-state index is -0.498. The van der Waals surface area contributed by atoms with E-state index in [1.54, 1.807) is 0 Å². The highest BCUT2D eigenvalue weighted by Gasteiger charge is 2.12. The molecule has 92 valence electrons. The first kappa shape index (κ1) is 12.9. The van der Waals surface area contributed by atoms with Crippen molar-refractivity contribution in [2.75, 3.05) is 0 Å². The lowest BCUT2D eigenvalue weighted by atomic mass is 10.3. The number of benzene rings is 1. The van der Waals surface area contributed by atoms with Gasteiger partial charge < -0.3 is 4.74 Å². The Kier molecular flexibility index (Phi) is 3.87. The molecule has 0 aliphatic carbocycles. The van der Waals surface area contributed by atoms with Gasteiger partial charge in [-0.25, -0.2) is 9.97 Å². The summed E-state index contributed by atoms with van der Waals surface area (Å²) in [6.07, 6.45) is 3.04. The maximum Gasteiger partial charge on any atom is 0.321 e. The summed E-state index contributed by atoms with van der Waals surface area (Å²) in [6, 6.07) is 4.32. The first-order valence-electron chi connectivity index (χ1n) is 4.65. The summed E-state index contributed by atoms with van der Waals surface area (Å²) in [6.45, 7) is 0. The number of nitro groups is 1. The zero-order chi connectivity index (χ0) is 13.1. The van der Waals surface area contributed by atoms with Crippen LogP contribution in [0.2, 0.25) is 0 Å². The van der Waals surface area contributed by atoms with Crippen LogP contribution in [0.4, 0.5) is 5.69 Å². The molecule has 0 aliphatic heterocycles. The zero-order valence-corrected chi connectivity index (χ0v) is 11.9. The van der Waals surface area contributed by atoms with E-state index in [2.05, 4.69) is 41.8 Å². The van der Waals surface area contributed by atoms with Gasteiger partial charge in [0.05, 0.1) is 19.9 Å². The summed E-state index contributed by atoms with van der Waals surface area (Å²) < 4.78 is 6.66. The van der Waals surface area contributed by atoms with E-state index < -0.39 is 4.92 Å². The molecule has 8 heteroatoms. The van der Waals surface area contributed by atoms with Crippen molar-refractivity contribution >= 4 is 37.5 Å². The Labute approximate surface area is 118 Å². The fourth-order valence-electron chi connectivity index (χ4n) is 1.14. The van der Waals surface area contributed by atoms with Crippen LogP contribution in [0.1, 0.15) is 0 Å². The van der Waals surface area contributed by atoms with E-state index in [-0.39, 0.29) is 17.4 Å². The number of nitrogens with zero attached hydrogens (tertiary/aromatic N) is 3. The third-order valence-corrected chi connectivity index (χ3v) is 2.99. The molecule has 0 unspecified atom stereocenters. The molecule has 18 heavy (non-hydrogen) atoms. The number of hydrogen-bond acceptors (Lipinski definition) is 5. The van der Waals surface area contributed by atoms with Crippen molar-refractivity contribution in [3.63, 3.8) is 0 Å². The van der Waals surface area contributed by atoms with Gasteiger partial charge >= 0.3 is 6.01 Å². The fourth-order valence-corrected chi connectivity index (χ4v) is 1.67. The first-order valence-corrected chi connectivity index (χ1v) is 6.24. The van der Waals surface area contributed by atoms with Gasteiger partial charge in [-0.05, 0) is 37.9 Å². The minimum absolute atomic E-state index is 0.0645. The number of rotatable bonds is 3. The summed E-state index contributed by atoms with van der Waals surface area (Å²) in [4.78, 5) is 18.0. The molecule has 0 atom stereocenters. The van der Waals surface area contributed by atoms with Crippen LogP contribution in [0.15, 0.2) is 39.5 Å².